The average molecular weight is 563 g/mol. The molecule has 3 amide bonds. The van der Waals surface area contributed by atoms with Crippen LogP contribution < -0.4 is 9.64 Å². The van der Waals surface area contributed by atoms with Crippen molar-refractivity contribution in [3.05, 3.63) is 95.8 Å². The van der Waals surface area contributed by atoms with Crippen molar-refractivity contribution in [2.45, 2.75) is 31.2 Å². The van der Waals surface area contributed by atoms with Gasteiger partial charge < -0.3 is 4.74 Å². The van der Waals surface area contributed by atoms with E-state index in [1.165, 1.54) is 35.3 Å². The molecule has 0 saturated carbocycles. The molecule has 0 aromatic heterocycles. The molecule has 3 aliphatic heterocycles. The fraction of sp³-hybridized carbons (Fsp3) is 0.214. The molecule has 0 aliphatic carbocycles. The number of rotatable bonds is 7. The fourth-order valence-electron chi connectivity index (χ4n) is 5.11. The van der Waals surface area contributed by atoms with E-state index >= 15 is 0 Å². The SMILES string of the molecule is O=C1[C@@H]2N=NN(CC(=O)N3N=C(c4ccc(OC(F)F)cc4)C[C@H]3c3ccccc3)[C@H]2C(=O)N1c1cccc(F)c1. The lowest BCUT2D eigenvalue weighted by atomic mass is 9.98. The number of carbonyl (C=O) groups excluding carboxylic acids is 3. The Kier molecular flexibility index (Phi) is 6.69. The van der Waals surface area contributed by atoms with Crippen LogP contribution in [0.15, 0.2) is 94.3 Å². The molecule has 1 fully saturated rings. The average Bonchev–Trinajstić information content (AvgIpc) is 3.65. The predicted molar refractivity (Wildman–Crippen MR) is 138 cm³/mol. The molecule has 1 saturated heterocycles. The van der Waals surface area contributed by atoms with Crippen LogP contribution in [0, 0.1) is 5.82 Å². The second kappa shape index (κ2) is 10.5. The summed E-state index contributed by atoms with van der Waals surface area (Å²) in [5, 5.41) is 14.9. The number of benzene rings is 3. The molecule has 0 spiro atoms. The number of fused-ring (bicyclic) bond motifs is 1. The van der Waals surface area contributed by atoms with Crippen LogP contribution in [-0.2, 0) is 14.4 Å². The molecule has 41 heavy (non-hydrogen) atoms. The van der Waals surface area contributed by atoms with E-state index in [2.05, 4.69) is 20.2 Å². The zero-order chi connectivity index (χ0) is 28.7. The van der Waals surface area contributed by atoms with E-state index < -0.39 is 54.8 Å². The van der Waals surface area contributed by atoms with Gasteiger partial charge in [-0.2, -0.15) is 19.0 Å². The van der Waals surface area contributed by atoms with Gasteiger partial charge in [0, 0.05) is 6.42 Å². The minimum absolute atomic E-state index is 0.00750. The molecule has 10 nitrogen and oxygen atoms in total. The number of alkyl halides is 2. The number of anilines is 1. The number of imide groups is 1. The maximum absolute atomic E-state index is 13.8. The van der Waals surface area contributed by atoms with E-state index in [1.807, 2.05) is 30.3 Å². The summed E-state index contributed by atoms with van der Waals surface area (Å²) in [4.78, 5) is 40.7. The first-order chi connectivity index (χ1) is 19.8. The molecule has 3 aromatic rings. The summed E-state index contributed by atoms with van der Waals surface area (Å²) < 4.78 is 43.3. The Labute approximate surface area is 231 Å². The van der Waals surface area contributed by atoms with Crippen LogP contribution in [0.2, 0.25) is 0 Å². The quantitative estimate of drug-likeness (QED) is 0.403. The zero-order valence-corrected chi connectivity index (χ0v) is 21.2. The van der Waals surface area contributed by atoms with Crippen molar-refractivity contribution in [3.63, 3.8) is 0 Å². The topological polar surface area (TPSA) is 107 Å². The molecule has 3 heterocycles. The highest BCUT2D eigenvalue weighted by Gasteiger charge is 2.55. The Bertz CT molecular complexity index is 1570. The van der Waals surface area contributed by atoms with E-state index in [0.29, 0.717) is 17.7 Å². The highest BCUT2D eigenvalue weighted by atomic mass is 19.3. The zero-order valence-electron chi connectivity index (χ0n) is 21.2. The molecule has 3 aliphatic rings. The molecule has 208 valence electrons. The van der Waals surface area contributed by atoms with Gasteiger partial charge in [0.25, 0.3) is 17.7 Å². The van der Waals surface area contributed by atoms with E-state index in [1.54, 1.807) is 12.1 Å². The van der Waals surface area contributed by atoms with Gasteiger partial charge in [-0.05, 0) is 53.6 Å². The maximum Gasteiger partial charge on any atom is 0.387 e. The molecule has 3 aromatic carbocycles. The second-order valence-electron chi connectivity index (χ2n) is 9.50. The molecular formula is C28H21F3N6O4. The number of amides is 3. The minimum Gasteiger partial charge on any atom is -0.435 e. The summed E-state index contributed by atoms with van der Waals surface area (Å²) in [6.07, 6.45) is 0.336. The molecule has 0 N–H and O–H groups in total. The van der Waals surface area contributed by atoms with Gasteiger partial charge in [-0.3, -0.25) is 19.4 Å². The third-order valence-electron chi connectivity index (χ3n) is 6.98. The Balaban J connectivity index is 1.24. The summed E-state index contributed by atoms with van der Waals surface area (Å²) >= 11 is 0. The van der Waals surface area contributed by atoms with Crippen molar-refractivity contribution >= 4 is 29.1 Å². The predicted octanol–water partition coefficient (Wildman–Crippen LogP) is 4.10. The van der Waals surface area contributed by atoms with Gasteiger partial charge in [0.1, 0.15) is 18.1 Å². The Morgan fingerprint density at radius 1 is 0.976 bits per heavy atom. The fourth-order valence-corrected chi connectivity index (χ4v) is 5.11. The Hall–Kier alpha value is -5.07. The monoisotopic (exact) mass is 562 g/mol. The van der Waals surface area contributed by atoms with Crippen molar-refractivity contribution in [3.8, 4) is 5.75 Å². The van der Waals surface area contributed by atoms with E-state index in [9.17, 15) is 27.6 Å². The molecule has 6 rings (SSSR count). The highest BCUT2D eigenvalue weighted by molar-refractivity contribution is 6.25. The van der Waals surface area contributed by atoms with Gasteiger partial charge in [-0.25, -0.2) is 14.3 Å². The molecule has 3 atom stereocenters. The van der Waals surface area contributed by atoms with E-state index in [-0.39, 0.29) is 11.4 Å². The maximum atomic E-state index is 13.8. The number of hydrogen-bond donors (Lipinski definition) is 0. The number of ether oxygens (including phenoxy) is 1. The standard InChI is InChI=1S/C28H21F3N6O4/c29-18-7-4-8-19(13-18)36-26(39)24-25(27(36)40)35(34-32-24)15-23(38)37-22(17-5-2-1-3-6-17)14-21(33-37)16-9-11-20(12-10-16)41-28(30)31/h1-13,22,24-25,28H,14-15H2/t22-,24+,25+/m0/s1. The number of halogens is 3. The molecule has 13 heteroatoms. The van der Waals surface area contributed by atoms with Crippen molar-refractivity contribution in [2.75, 3.05) is 11.4 Å². The first kappa shape index (κ1) is 26.2. The van der Waals surface area contributed by atoms with Gasteiger partial charge >= 0.3 is 6.61 Å². The first-order valence-electron chi connectivity index (χ1n) is 12.6. The van der Waals surface area contributed by atoms with Crippen molar-refractivity contribution in [1.29, 1.82) is 0 Å². The summed E-state index contributed by atoms with van der Waals surface area (Å²) in [5.41, 5.74) is 2.04. The smallest absolute Gasteiger partial charge is 0.387 e. The van der Waals surface area contributed by atoms with Crippen LogP contribution in [0.5, 0.6) is 5.75 Å². The lowest BCUT2D eigenvalue weighted by molar-refractivity contribution is -0.135. The van der Waals surface area contributed by atoms with Crippen LogP contribution in [0.1, 0.15) is 23.6 Å². The first-order valence-corrected chi connectivity index (χ1v) is 12.6. The number of nitrogens with zero attached hydrogens (tertiary/aromatic N) is 6. The molecule has 0 bridgehead atoms. The van der Waals surface area contributed by atoms with Gasteiger partial charge in [0.2, 0.25) is 0 Å². The van der Waals surface area contributed by atoms with Gasteiger partial charge in [0.15, 0.2) is 12.1 Å². The van der Waals surface area contributed by atoms with Crippen LogP contribution >= 0.6 is 0 Å². The van der Waals surface area contributed by atoms with Crippen LogP contribution in [0.25, 0.3) is 0 Å². The highest BCUT2D eigenvalue weighted by Crippen LogP contribution is 2.35. The van der Waals surface area contributed by atoms with Crippen LogP contribution in [0.4, 0.5) is 18.9 Å². The Morgan fingerprint density at radius 3 is 2.44 bits per heavy atom. The molecule has 0 unspecified atom stereocenters. The lowest BCUT2D eigenvalue weighted by Crippen LogP contribution is -2.44. The number of hydrogen-bond acceptors (Lipinski definition) is 8. The molecular weight excluding hydrogens is 541 g/mol. The summed E-state index contributed by atoms with van der Waals surface area (Å²) in [6.45, 7) is -3.35. The Morgan fingerprint density at radius 2 is 1.73 bits per heavy atom. The van der Waals surface area contributed by atoms with Crippen LogP contribution in [-0.4, -0.2) is 58.7 Å². The second-order valence-corrected chi connectivity index (χ2v) is 9.50. The third kappa shape index (κ3) is 4.90. The third-order valence-corrected chi connectivity index (χ3v) is 6.98. The number of hydrazone groups is 1. The number of carbonyl (C=O) groups is 3. The van der Waals surface area contributed by atoms with Crippen molar-refractivity contribution in [1.82, 2.24) is 10.0 Å². The summed E-state index contributed by atoms with van der Waals surface area (Å²) in [7, 11) is 0. The van der Waals surface area contributed by atoms with Crippen molar-refractivity contribution in [2.24, 2.45) is 15.4 Å². The summed E-state index contributed by atoms with van der Waals surface area (Å²) in [6, 6.07) is 17.4. The van der Waals surface area contributed by atoms with Gasteiger partial charge in [-0.1, -0.05) is 41.6 Å². The minimum atomic E-state index is -2.95. The van der Waals surface area contributed by atoms with Gasteiger partial charge in [0.05, 0.1) is 17.4 Å². The van der Waals surface area contributed by atoms with Crippen LogP contribution in [0.3, 0.4) is 0 Å². The van der Waals surface area contributed by atoms with Crippen molar-refractivity contribution < 1.29 is 32.3 Å². The molecule has 0 radical (unpaired) electrons. The summed E-state index contributed by atoms with van der Waals surface area (Å²) in [5.74, 6) is -2.45. The van der Waals surface area contributed by atoms with E-state index in [4.69, 9.17) is 0 Å². The van der Waals surface area contributed by atoms with E-state index in [0.717, 1.165) is 21.5 Å². The lowest BCUT2D eigenvalue weighted by Gasteiger charge is -2.25. The normalized spacial score (nSPS) is 21.6. The largest absolute Gasteiger partial charge is 0.435 e. The van der Waals surface area contributed by atoms with Gasteiger partial charge in [-0.15, -0.1) is 0 Å².